The highest BCUT2D eigenvalue weighted by Crippen LogP contribution is 2.25. The van der Waals surface area contributed by atoms with Gasteiger partial charge in [0.1, 0.15) is 5.75 Å². The van der Waals surface area contributed by atoms with E-state index in [9.17, 15) is 4.79 Å². The van der Waals surface area contributed by atoms with Gasteiger partial charge in [0.25, 0.3) is 5.91 Å². The Hall–Kier alpha value is -2.55. The molecule has 1 saturated carbocycles. The molecule has 0 aromatic heterocycles. The van der Waals surface area contributed by atoms with Crippen molar-refractivity contribution in [1.82, 2.24) is 5.32 Å². The van der Waals surface area contributed by atoms with Gasteiger partial charge >= 0.3 is 0 Å². The molecule has 24 heavy (non-hydrogen) atoms. The van der Waals surface area contributed by atoms with Gasteiger partial charge in [0, 0.05) is 11.6 Å². The summed E-state index contributed by atoms with van der Waals surface area (Å²) in [6.45, 7) is 4.02. The molecule has 0 atom stereocenters. The SMILES string of the molecule is C=C1CCC(NC(=O)c2ccc(-c3cccc(OC)c3)cc2)CC1. The molecule has 124 valence electrons. The van der Waals surface area contributed by atoms with E-state index in [2.05, 4.69) is 11.9 Å². The van der Waals surface area contributed by atoms with E-state index in [4.69, 9.17) is 4.74 Å². The minimum Gasteiger partial charge on any atom is -0.497 e. The second-order valence-electron chi connectivity index (χ2n) is 6.31. The standard InChI is InChI=1S/C21H23NO2/c1-15-6-12-19(13-7-15)22-21(23)17-10-8-16(9-11-17)18-4-3-5-20(14-18)24-2/h3-5,8-11,14,19H,1,6-7,12-13H2,2H3,(H,22,23). The van der Waals surface area contributed by atoms with Crippen molar-refractivity contribution in [1.29, 1.82) is 0 Å². The van der Waals surface area contributed by atoms with E-state index in [0.29, 0.717) is 5.56 Å². The summed E-state index contributed by atoms with van der Waals surface area (Å²) in [5.41, 5.74) is 4.14. The summed E-state index contributed by atoms with van der Waals surface area (Å²) in [5.74, 6) is 0.831. The highest BCUT2D eigenvalue weighted by molar-refractivity contribution is 5.94. The molecule has 3 rings (SSSR count). The van der Waals surface area contributed by atoms with E-state index in [1.807, 2.05) is 48.5 Å². The number of benzene rings is 2. The van der Waals surface area contributed by atoms with Gasteiger partial charge in [-0.3, -0.25) is 4.79 Å². The first-order valence-corrected chi connectivity index (χ1v) is 8.38. The molecular weight excluding hydrogens is 298 g/mol. The number of hydrogen-bond donors (Lipinski definition) is 1. The average Bonchev–Trinajstić information content (AvgIpc) is 2.64. The lowest BCUT2D eigenvalue weighted by atomic mass is 9.91. The predicted octanol–water partition coefficient (Wildman–Crippen LogP) is 4.59. The maximum absolute atomic E-state index is 12.4. The Kier molecular flexibility index (Phi) is 4.99. The molecule has 1 N–H and O–H groups in total. The van der Waals surface area contributed by atoms with Gasteiger partial charge in [-0.25, -0.2) is 0 Å². The third-order valence-electron chi connectivity index (χ3n) is 4.58. The first kappa shape index (κ1) is 16.3. The lowest BCUT2D eigenvalue weighted by Gasteiger charge is -2.24. The van der Waals surface area contributed by atoms with Crippen LogP contribution >= 0.6 is 0 Å². The van der Waals surface area contributed by atoms with Crippen molar-refractivity contribution in [3.05, 3.63) is 66.2 Å². The summed E-state index contributed by atoms with van der Waals surface area (Å²) >= 11 is 0. The van der Waals surface area contributed by atoms with Crippen LogP contribution in [0, 0.1) is 0 Å². The zero-order chi connectivity index (χ0) is 16.9. The fraction of sp³-hybridized carbons (Fsp3) is 0.286. The molecule has 2 aromatic rings. The zero-order valence-electron chi connectivity index (χ0n) is 14.0. The third kappa shape index (κ3) is 3.85. The second-order valence-corrected chi connectivity index (χ2v) is 6.31. The minimum absolute atomic E-state index is 0.00436. The molecular formula is C21H23NO2. The molecule has 0 aliphatic heterocycles. The van der Waals surface area contributed by atoms with Crippen molar-refractivity contribution < 1.29 is 9.53 Å². The lowest BCUT2D eigenvalue weighted by Crippen LogP contribution is -2.36. The third-order valence-corrected chi connectivity index (χ3v) is 4.58. The van der Waals surface area contributed by atoms with E-state index in [1.165, 1.54) is 5.57 Å². The largest absolute Gasteiger partial charge is 0.497 e. The summed E-state index contributed by atoms with van der Waals surface area (Å²) in [6.07, 6.45) is 4.01. The topological polar surface area (TPSA) is 38.3 Å². The van der Waals surface area contributed by atoms with Gasteiger partial charge in [0.2, 0.25) is 0 Å². The van der Waals surface area contributed by atoms with Crippen LogP contribution in [-0.4, -0.2) is 19.1 Å². The number of nitrogens with one attached hydrogen (secondary N) is 1. The van der Waals surface area contributed by atoms with Crippen LogP contribution < -0.4 is 10.1 Å². The van der Waals surface area contributed by atoms with E-state index < -0.39 is 0 Å². The van der Waals surface area contributed by atoms with Crippen molar-refractivity contribution >= 4 is 5.91 Å². The Bertz CT molecular complexity index is 724. The van der Waals surface area contributed by atoms with Gasteiger partial charge in [-0.05, 0) is 61.1 Å². The number of hydrogen-bond acceptors (Lipinski definition) is 2. The zero-order valence-corrected chi connectivity index (χ0v) is 14.0. The Labute approximate surface area is 143 Å². The summed E-state index contributed by atoms with van der Waals surface area (Å²) in [6, 6.07) is 15.9. The van der Waals surface area contributed by atoms with Gasteiger partial charge in [0.05, 0.1) is 7.11 Å². The maximum Gasteiger partial charge on any atom is 0.251 e. The molecule has 0 heterocycles. The van der Waals surface area contributed by atoms with E-state index >= 15 is 0 Å². The van der Waals surface area contributed by atoms with Crippen molar-refractivity contribution in [2.24, 2.45) is 0 Å². The van der Waals surface area contributed by atoms with Crippen LogP contribution in [0.4, 0.5) is 0 Å². The first-order chi connectivity index (χ1) is 11.7. The number of allylic oxidation sites excluding steroid dienone is 1. The summed E-state index contributed by atoms with van der Waals surface area (Å²) in [7, 11) is 1.66. The van der Waals surface area contributed by atoms with Gasteiger partial charge in [0.15, 0.2) is 0 Å². The molecule has 0 spiro atoms. The minimum atomic E-state index is 0.00436. The monoisotopic (exact) mass is 321 g/mol. The fourth-order valence-corrected chi connectivity index (χ4v) is 3.06. The lowest BCUT2D eigenvalue weighted by molar-refractivity contribution is 0.0930. The molecule has 2 aromatic carbocycles. The number of carbonyl (C=O) groups excluding carboxylic acids is 1. The second kappa shape index (κ2) is 7.35. The van der Waals surface area contributed by atoms with E-state index in [0.717, 1.165) is 42.6 Å². The van der Waals surface area contributed by atoms with Crippen LogP contribution in [0.15, 0.2) is 60.7 Å². The Morgan fingerprint density at radius 1 is 1.08 bits per heavy atom. The van der Waals surface area contributed by atoms with Crippen molar-refractivity contribution in [3.8, 4) is 16.9 Å². The Balaban J connectivity index is 1.67. The van der Waals surface area contributed by atoms with E-state index in [-0.39, 0.29) is 11.9 Å². The smallest absolute Gasteiger partial charge is 0.251 e. The predicted molar refractivity (Wildman–Crippen MR) is 97.3 cm³/mol. The van der Waals surface area contributed by atoms with Crippen molar-refractivity contribution in [3.63, 3.8) is 0 Å². The first-order valence-electron chi connectivity index (χ1n) is 8.38. The Morgan fingerprint density at radius 3 is 2.46 bits per heavy atom. The van der Waals surface area contributed by atoms with Crippen LogP contribution in [0.1, 0.15) is 36.0 Å². The van der Waals surface area contributed by atoms with E-state index in [1.54, 1.807) is 7.11 Å². The highest BCUT2D eigenvalue weighted by atomic mass is 16.5. The van der Waals surface area contributed by atoms with Crippen LogP contribution in [0.5, 0.6) is 5.75 Å². The van der Waals surface area contributed by atoms with Gasteiger partial charge in [-0.15, -0.1) is 0 Å². The van der Waals surface area contributed by atoms with Crippen LogP contribution in [0.25, 0.3) is 11.1 Å². The summed E-state index contributed by atoms with van der Waals surface area (Å²) < 4.78 is 5.26. The number of methoxy groups -OCH3 is 1. The number of rotatable bonds is 4. The number of carbonyl (C=O) groups is 1. The maximum atomic E-state index is 12.4. The van der Waals surface area contributed by atoms with Crippen LogP contribution in [-0.2, 0) is 0 Å². The van der Waals surface area contributed by atoms with Crippen LogP contribution in [0.2, 0.25) is 0 Å². The Morgan fingerprint density at radius 2 is 1.79 bits per heavy atom. The van der Waals surface area contributed by atoms with Gasteiger partial charge in [-0.1, -0.05) is 36.4 Å². The van der Waals surface area contributed by atoms with Gasteiger partial charge < -0.3 is 10.1 Å². The molecule has 0 saturated heterocycles. The molecule has 1 fully saturated rings. The summed E-state index contributed by atoms with van der Waals surface area (Å²) in [5, 5.41) is 3.13. The quantitative estimate of drug-likeness (QED) is 0.836. The molecule has 1 aliphatic rings. The molecule has 0 bridgehead atoms. The highest BCUT2D eigenvalue weighted by Gasteiger charge is 2.18. The van der Waals surface area contributed by atoms with Gasteiger partial charge in [-0.2, -0.15) is 0 Å². The fourth-order valence-electron chi connectivity index (χ4n) is 3.06. The number of amides is 1. The van der Waals surface area contributed by atoms with Crippen molar-refractivity contribution in [2.45, 2.75) is 31.7 Å². The number of ether oxygens (including phenoxy) is 1. The molecule has 0 radical (unpaired) electrons. The molecule has 1 amide bonds. The average molecular weight is 321 g/mol. The molecule has 1 aliphatic carbocycles. The molecule has 0 unspecified atom stereocenters. The van der Waals surface area contributed by atoms with Crippen LogP contribution in [0.3, 0.4) is 0 Å². The van der Waals surface area contributed by atoms with Crippen molar-refractivity contribution in [2.75, 3.05) is 7.11 Å². The molecule has 3 nitrogen and oxygen atoms in total. The summed E-state index contributed by atoms with van der Waals surface area (Å²) in [4.78, 5) is 12.4. The molecule has 3 heteroatoms. The normalized spacial score (nSPS) is 15.1.